The first-order valence-electron chi connectivity index (χ1n) is 6.59. The Morgan fingerprint density at radius 3 is 2.67 bits per heavy atom. The molecule has 0 saturated heterocycles. The van der Waals surface area contributed by atoms with Gasteiger partial charge in [-0.15, -0.1) is 0 Å². The molecule has 1 amide bonds. The van der Waals surface area contributed by atoms with Crippen molar-refractivity contribution < 1.29 is 9.53 Å². The SMILES string of the molecule is Cc1ccc(NC(=O)COc2ccccc2C#N)cc1C. The minimum atomic E-state index is -0.258. The Balaban J connectivity index is 1.96. The molecule has 4 heteroatoms. The molecule has 0 atom stereocenters. The highest BCUT2D eigenvalue weighted by molar-refractivity contribution is 5.92. The average molecular weight is 280 g/mol. The van der Waals surface area contributed by atoms with Crippen molar-refractivity contribution in [2.75, 3.05) is 11.9 Å². The number of hydrogen-bond acceptors (Lipinski definition) is 3. The zero-order chi connectivity index (χ0) is 15.2. The Morgan fingerprint density at radius 1 is 1.19 bits per heavy atom. The molecule has 0 heterocycles. The van der Waals surface area contributed by atoms with Crippen molar-refractivity contribution in [1.82, 2.24) is 0 Å². The van der Waals surface area contributed by atoms with E-state index in [0.29, 0.717) is 11.3 Å². The second-order valence-electron chi connectivity index (χ2n) is 4.74. The van der Waals surface area contributed by atoms with E-state index >= 15 is 0 Å². The van der Waals surface area contributed by atoms with Gasteiger partial charge >= 0.3 is 0 Å². The summed E-state index contributed by atoms with van der Waals surface area (Å²) in [6.07, 6.45) is 0. The van der Waals surface area contributed by atoms with Crippen LogP contribution in [0, 0.1) is 25.2 Å². The number of para-hydroxylation sites is 1. The molecule has 0 fully saturated rings. The summed E-state index contributed by atoms with van der Waals surface area (Å²) < 4.78 is 5.38. The van der Waals surface area contributed by atoms with Crippen LogP contribution in [0.4, 0.5) is 5.69 Å². The van der Waals surface area contributed by atoms with Crippen LogP contribution < -0.4 is 10.1 Å². The smallest absolute Gasteiger partial charge is 0.262 e. The molecule has 0 unspecified atom stereocenters. The van der Waals surface area contributed by atoms with E-state index < -0.39 is 0 Å². The Labute approximate surface area is 124 Å². The Bertz CT molecular complexity index is 702. The molecule has 21 heavy (non-hydrogen) atoms. The Morgan fingerprint density at radius 2 is 1.95 bits per heavy atom. The lowest BCUT2D eigenvalue weighted by Crippen LogP contribution is -2.20. The minimum Gasteiger partial charge on any atom is -0.482 e. The number of amides is 1. The highest BCUT2D eigenvalue weighted by Crippen LogP contribution is 2.17. The van der Waals surface area contributed by atoms with Crippen molar-refractivity contribution in [2.24, 2.45) is 0 Å². The van der Waals surface area contributed by atoms with Crippen LogP contribution in [-0.2, 0) is 4.79 Å². The number of carbonyl (C=O) groups excluding carboxylic acids is 1. The normalized spacial score (nSPS) is 9.76. The van der Waals surface area contributed by atoms with Gasteiger partial charge in [-0.1, -0.05) is 18.2 Å². The van der Waals surface area contributed by atoms with Gasteiger partial charge in [0.05, 0.1) is 5.56 Å². The van der Waals surface area contributed by atoms with Crippen LogP contribution in [0.1, 0.15) is 16.7 Å². The molecule has 0 bridgehead atoms. The van der Waals surface area contributed by atoms with E-state index in [9.17, 15) is 4.79 Å². The third-order valence-electron chi connectivity index (χ3n) is 3.16. The number of benzene rings is 2. The number of carbonyl (C=O) groups is 1. The predicted octanol–water partition coefficient (Wildman–Crippen LogP) is 3.19. The van der Waals surface area contributed by atoms with Gasteiger partial charge in [-0.05, 0) is 49.2 Å². The lowest BCUT2D eigenvalue weighted by Gasteiger charge is -2.09. The van der Waals surface area contributed by atoms with Crippen molar-refractivity contribution in [2.45, 2.75) is 13.8 Å². The number of hydrogen-bond donors (Lipinski definition) is 1. The second kappa shape index (κ2) is 6.58. The van der Waals surface area contributed by atoms with Gasteiger partial charge in [0.1, 0.15) is 11.8 Å². The van der Waals surface area contributed by atoms with Crippen LogP contribution in [0.2, 0.25) is 0 Å². The number of nitrogens with one attached hydrogen (secondary N) is 1. The fourth-order valence-corrected chi connectivity index (χ4v) is 1.84. The lowest BCUT2D eigenvalue weighted by atomic mass is 10.1. The monoisotopic (exact) mass is 280 g/mol. The molecule has 1 N–H and O–H groups in total. The molecule has 2 rings (SSSR count). The average Bonchev–Trinajstić information content (AvgIpc) is 2.49. The summed E-state index contributed by atoms with van der Waals surface area (Å²) in [5.74, 6) is 0.154. The molecular formula is C17H16N2O2. The number of nitriles is 1. The standard InChI is InChI=1S/C17H16N2O2/c1-12-7-8-15(9-13(12)2)19-17(20)11-21-16-6-4-3-5-14(16)10-18/h3-9H,11H2,1-2H3,(H,19,20). The fraction of sp³-hybridized carbons (Fsp3) is 0.176. The van der Waals surface area contributed by atoms with Gasteiger partial charge < -0.3 is 10.1 Å². The lowest BCUT2D eigenvalue weighted by molar-refractivity contribution is -0.118. The molecule has 2 aromatic rings. The van der Waals surface area contributed by atoms with E-state index in [1.54, 1.807) is 24.3 Å². The Kier molecular flexibility index (Phi) is 4.57. The van der Waals surface area contributed by atoms with E-state index in [1.807, 2.05) is 38.1 Å². The predicted molar refractivity (Wildman–Crippen MR) is 81.2 cm³/mol. The van der Waals surface area contributed by atoms with Crippen molar-refractivity contribution in [3.63, 3.8) is 0 Å². The van der Waals surface area contributed by atoms with Crippen LogP contribution in [-0.4, -0.2) is 12.5 Å². The van der Waals surface area contributed by atoms with Gasteiger partial charge in [-0.3, -0.25) is 4.79 Å². The van der Waals surface area contributed by atoms with Gasteiger partial charge in [0.25, 0.3) is 5.91 Å². The minimum absolute atomic E-state index is 0.133. The molecule has 0 aliphatic carbocycles. The molecule has 0 aliphatic rings. The Hall–Kier alpha value is -2.80. The summed E-state index contributed by atoms with van der Waals surface area (Å²) in [5, 5.41) is 11.7. The first-order valence-corrected chi connectivity index (χ1v) is 6.59. The first-order chi connectivity index (χ1) is 10.1. The molecule has 0 radical (unpaired) electrons. The molecule has 106 valence electrons. The molecule has 0 aromatic heterocycles. The van der Waals surface area contributed by atoms with Crippen LogP contribution in [0.3, 0.4) is 0 Å². The zero-order valence-electron chi connectivity index (χ0n) is 12.0. The van der Waals surface area contributed by atoms with Gasteiger partial charge in [0.15, 0.2) is 6.61 Å². The summed E-state index contributed by atoms with van der Waals surface area (Å²) in [5.41, 5.74) is 3.44. The number of rotatable bonds is 4. The summed E-state index contributed by atoms with van der Waals surface area (Å²) in [6, 6.07) is 14.6. The van der Waals surface area contributed by atoms with E-state index in [0.717, 1.165) is 11.3 Å². The molecular weight excluding hydrogens is 264 g/mol. The van der Waals surface area contributed by atoms with Gasteiger partial charge in [-0.25, -0.2) is 0 Å². The topological polar surface area (TPSA) is 62.1 Å². The fourth-order valence-electron chi connectivity index (χ4n) is 1.84. The van der Waals surface area contributed by atoms with Crippen LogP contribution >= 0.6 is 0 Å². The maximum absolute atomic E-state index is 11.9. The zero-order valence-corrected chi connectivity index (χ0v) is 12.0. The largest absolute Gasteiger partial charge is 0.482 e. The molecule has 0 saturated carbocycles. The third kappa shape index (κ3) is 3.83. The quantitative estimate of drug-likeness (QED) is 0.935. The summed E-state index contributed by atoms with van der Waals surface area (Å²) in [6.45, 7) is 3.87. The van der Waals surface area contributed by atoms with Crippen molar-refractivity contribution in [1.29, 1.82) is 5.26 Å². The number of nitrogens with zero attached hydrogens (tertiary/aromatic N) is 1. The number of aryl methyl sites for hydroxylation is 2. The first kappa shape index (κ1) is 14.6. The number of anilines is 1. The highest BCUT2D eigenvalue weighted by atomic mass is 16.5. The van der Waals surface area contributed by atoms with Crippen molar-refractivity contribution >= 4 is 11.6 Å². The number of ether oxygens (including phenoxy) is 1. The molecule has 2 aromatic carbocycles. The summed E-state index contributed by atoms with van der Waals surface area (Å²) in [7, 11) is 0. The van der Waals surface area contributed by atoms with Gasteiger partial charge in [0, 0.05) is 5.69 Å². The highest BCUT2D eigenvalue weighted by Gasteiger charge is 2.07. The van der Waals surface area contributed by atoms with Crippen LogP contribution in [0.25, 0.3) is 0 Å². The summed E-state index contributed by atoms with van der Waals surface area (Å²) in [4.78, 5) is 11.9. The van der Waals surface area contributed by atoms with E-state index in [1.165, 1.54) is 5.56 Å². The molecule has 0 aliphatic heterocycles. The van der Waals surface area contributed by atoms with E-state index in [2.05, 4.69) is 5.32 Å². The molecule has 4 nitrogen and oxygen atoms in total. The van der Waals surface area contributed by atoms with Gasteiger partial charge in [-0.2, -0.15) is 5.26 Å². The van der Waals surface area contributed by atoms with Gasteiger partial charge in [0.2, 0.25) is 0 Å². The van der Waals surface area contributed by atoms with E-state index in [-0.39, 0.29) is 12.5 Å². The second-order valence-corrected chi connectivity index (χ2v) is 4.74. The maximum Gasteiger partial charge on any atom is 0.262 e. The van der Waals surface area contributed by atoms with E-state index in [4.69, 9.17) is 10.00 Å². The third-order valence-corrected chi connectivity index (χ3v) is 3.16. The van der Waals surface area contributed by atoms with Crippen molar-refractivity contribution in [3.05, 3.63) is 59.2 Å². The maximum atomic E-state index is 11.9. The molecule has 0 spiro atoms. The van der Waals surface area contributed by atoms with Crippen molar-refractivity contribution in [3.8, 4) is 11.8 Å². The van der Waals surface area contributed by atoms with Crippen LogP contribution in [0.15, 0.2) is 42.5 Å². The van der Waals surface area contributed by atoms with Crippen LogP contribution in [0.5, 0.6) is 5.75 Å². The summed E-state index contributed by atoms with van der Waals surface area (Å²) >= 11 is 0.